The van der Waals surface area contributed by atoms with Crippen molar-refractivity contribution in [2.75, 3.05) is 13.6 Å². The Kier molecular flexibility index (Phi) is 8.21. The molecule has 1 aromatic carbocycles. The zero-order valence-electron chi connectivity index (χ0n) is 20.2. The summed E-state index contributed by atoms with van der Waals surface area (Å²) in [6, 6.07) is 9.06. The molecule has 3 atom stereocenters. The number of rotatable bonds is 8. The van der Waals surface area contributed by atoms with Gasteiger partial charge >= 0.3 is 0 Å². The first-order valence-electron chi connectivity index (χ1n) is 12.6. The monoisotopic (exact) mass is 464 g/mol. The van der Waals surface area contributed by atoms with Gasteiger partial charge in [-0.3, -0.25) is 9.59 Å². The number of likely N-dealkylation sites (tertiary alicyclic amines) is 1. The molecule has 4 rings (SSSR count). The highest BCUT2D eigenvalue weighted by Gasteiger charge is 2.40. The van der Waals surface area contributed by atoms with Crippen LogP contribution in [0.5, 0.6) is 0 Å². The Labute approximate surface area is 202 Å². The summed E-state index contributed by atoms with van der Waals surface area (Å²) < 4.78 is 0. The molecule has 1 aliphatic carbocycles. The summed E-state index contributed by atoms with van der Waals surface area (Å²) in [5.74, 6) is 1.38. The fraction of sp³-hybridized carbons (Fsp3) is 0.577. The van der Waals surface area contributed by atoms with Gasteiger partial charge < -0.3 is 15.5 Å². The zero-order chi connectivity index (χ0) is 23.9. The van der Waals surface area contributed by atoms with Crippen molar-refractivity contribution in [1.82, 2.24) is 30.5 Å². The van der Waals surface area contributed by atoms with Gasteiger partial charge in [0.25, 0.3) is 0 Å². The molecule has 2 fully saturated rings. The largest absolute Gasteiger partial charge is 0.343 e. The molecule has 8 heteroatoms. The third kappa shape index (κ3) is 5.78. The van der Waals surface area contributed by atoms with Gasteiger partial charge in [-0.25, -0.2) is 15.0 Å². The number of nitrogens with zero attached hydrogens (tertiary/aromatic N) is 4. The van der Waals surface area contributed by atoms with Gasteiger partial charge in [-0.1, -0.05) is 49.6 Å². The SMILES string of the molecule is CN[C@@H](C)C(=O)N[C@H](C(=O)N1CCC[C@H]1c1ncnc(Cc2ccccc2)n1)C1CCCCC1. The van der Waals surface area contributed by atoms with E-state index in [1.807, 2.05) is 30.0 Å². The van der Waals surface area contributed by atoms with Crippen LogP contribution in [0.15, 0.2) is 36.7 Å². The van der Waals surface area contributed by atoms with Gasteiger partial charge in [0.15, 0.2) is 5.82 Å². The first kappa shape index (κ1) is 24.3. The van der Waals surface area contributed by atoms with E-state index in [1.165, 1.54) is 6.42 Å². The van der Waals surface area contributed by atoms with Crippen LogP contribution in [0.1, 0.15) is 75.1 Å². The number of carbonyl (C=O) groups is 2. The Morgan fingerprint density at radius 1 is 1.06 bits per heavy atom. The highest BCUT2D eigenvalue weighted by Crippen LogP contribution is 2.33. The Bertz CT molecular complexity index is 963. The highest BCUT2D eigenvalue weighted by molar-refractivity contribution is 5.90. The molecule has 1 saturated carbocycles. The van der Waals surface area contributed by atoms with Crippen molar-refractivity contribution in [2.45, 2.75) is 76.4 Å². The minimum Gasteiger partial charge on any atom is -0.343 e. The van der Waals surface area contributed by atoms with Crippen molar-refractivity contribution < 1.29 is 9.59 Å². The summed E-state index contributed by atoms with van der Waals surface area (Å²) in [4.78, 5) is 42.1. The molecule has 2 amide bonds. The van der Waals surface area contributed by atoms with Gasteiger partial charge in [0, 0.05) is 13.0 Å². The molecule has 0 unspecified atom stereocenters. The normalized spacial score (nSPS) is 20.6. The van der Waals surface area contributed by atoms with Gasteiger partial charge in [0.05, 0.1) is 12.1 Å². The molecule has 2 aromatic rings. The summed E-state index contributed by atoms with van der Waals surface area (Å²) in [5.41, 5.74) is 1.14. The number of amides is 2. The van der Waals surface area contributed by atoms with E-state index >= 15 is 0 Å². The van der Waals surface area contributed by atoms with Crippen molar-refractivity contribution in [3.05, 3.63) is 53.9 Å². The van der Waals surface area contributed by atoms with E-state index in [-0.39, 0.29) is 29.8 Å². The van der Waals surface area contributed by atoms with E-state index in [0.29, 0.717) is 24.6 Å². The lowest BCUT2D eigenvalue weighted by Gasteiger charge is -2.35. The lowest BCUT2D eigenvalue weighted by molar-refractivity contribution is -0.139. The van der Waals surface area contributed by atoms with E-state index in [4.69, 9.17) is 4.98 Å². The molecule has 0 bridgehead atoms. The number of likely N-dealkylation sites (N-methyl/N-ethyl adjacent to an activating group) is 1. The summed E-state index contributed by atoms with van der Waals surface area (Å²) >= 11 is 0. The average Bonchev–Trinajstić information content (AvgIpc) is 3.38. The summed E-state index contributed by atoms with van der Waals surface area (Å²) in [7, 11) is 1.76. The topological polar surface area (TPSA) is 100 Å². The van der Waals surface area contributed by atoms with Gasteiger partial charge in [0.1, 0.15) is 18.2 Å². The first-order valence-corrected chi connectivity index (χ1v) is 12.6. The van der Waals surface area contributed by atoms with Crippen LogP contribution in [0.25, 0.3) is 0 Å². The van der Waals surface area contributed by atoms with Crippen LogP contribution in [-0.2, 0) is 16.0 Å². The second-order valence-electron chi connectivity index (χ2n) is 9.51. The second-order valence-corrected chi connectivity index (χ2v) is 9.51. The quantitative estimate of drug-likeness (QED) is 0.623. The fourth-order valence-corrected chi connectivity index (χ4v) is 5.10. The van der Waals surface area contributed by atoms with Crippen LogP contribution in [0.4, 0.5) is 0 Å². The predicted octanol–water partition coefficient (Wildman–Crippen LogP) is 2.80. The number of benzene rings is 1. The number of hydrogen-bond donors (Lipinski definition) is 2. The Morgan fingerprint density at radius 2 is 1.82 bits per heavy atom. The van der Waals surface area contributed by atoms with Crippen LogP contribution in [0.2, 0.25) is 0 Å². The predicted molar refractivity (Wildman–Crippen MR) is 130 cm³/mol. The lowest BCUT2D eigenvalue weighted by atomic mass is 9.83. The molecule has 2 heterocycles. The van der Waals surface area contributed by atoms with Crippen LogP contribution >= 0.6 is 0 Å². The molecule has 0 spiro atoms. The Morgan fingerprint density at radius 3 is 2.56 bits per heavy atom. The van der Waals surface area contributed by atoms with Crippen molar-refractivity contribution in [1.29, 1.82) is 0 Å². The third-order valence-electron chi connectivity index (χ3n) is 7.19. The summed E-state index contributed by atoms with van der Waals surface area (Å²) in [6.45, 7) is 2.47. The minimum atomic E-state index is -0.505. The van der Waals surface area contributed by atoms with Crippen LogP contribution < -0.4 is 10.6 Å². The molecular weight excluding hydrogens is 428 g/mol. The number of carbonyl (C=O) groups excluding carboxylic acids is 2. The minimum absolute atomic E-state index is 0.00363. The van der Waals surface area contributed by atoms with Crippen molar-refractivity contribution in [2.24, 2.45) is 5.92 Å². The smallest absolute Gasteiger partial charge is 0.246 e. The van der Waals surface area contributed by atoms with Crippen LogP contribution in [-0.4, -0.2) is 57.3 Å². The van der Waals surface area contributed by atoms with E-state index in [9.17, 15) is 9.59 Å². The highest BCUT2D eigenvalue weighted by atomic mass is 16.2. The Balaban J connectivity index is 1.53. The lowest BCUT2D eigenvalue weighted by Crippen LogP contribution is -2.55. The van der Waals surface area contributed by atoms with Crippen LogP contribution in [0.3, 0.4) is 0 Å². The molecular formula is C26H36N6O2. The molecule has 182 valence electrons. The van der Waals surface area contributed by atoms with E-state index in [0.717, 1.165) is 44.1 Å². The van der Waals surface area contributed by atoms with Gasteiger partial charge in [0.2, 0.25) is 11.8 Å². The molecule has 0 radical (unpaired) electrons. The number of hydrogen-bond acceptors (Lipinski definition) is 6. The summed E-state index contributed by atoms with van der Waals surface area (Å²) in [6.07, 6.45) is 9.23. The average molecular weight is 465 g/mol. The van der Waals surface area contributed by atoms with Crippen molar-refractivity contribution in [3.63, 3.8) is 0 Å². The second kappa shape index (κ2) is 11.5. The standard InChI is InChI=1S/C26H36N6O2/c1-18(27-2)25(33)31-23(20-12-7-4-8-13-20)26(34)32-15-9-14-21(32)24-29-17-28-22(30-24)16-19-10-5-3-6-11-19/h3,5-6,10-11,17-18,20-21,23,27H,4,7-9,12-16H2,1-2H3,(H,31,33)/t18-,21-,23-/m0/s1. The molecule has 1 aliphatic heterocycles. The summed E-state index contributed by atoms with van der Waals surface area (Å²) in [5, 5.41) is 6.06. The molecule has 8 nitrogen and oxygen atoms in total. The van der Waals surface area contributed by atoms with Gasteiger partial charge in [-0.05, 0) is 51.1 Å². The molecule has 1 aromatic heterocycles. The van der Waals surface area contributed by atoms with Crippen molar-refractivity contribution >= 4 is 11.8 Å². The van der Waals surface area contributed by atoms with E-state index < -0.39 is 6.04 Å². The molecule has 2 N–H and O–H groups in total. The van der Waals surface area contributed by atoms with Crippen LogP contribution in [0, 0.1) is 5.92 Å². The molecule has 1 saturated heterocycles. The van der Waals surface area contributed by atoms with Gasteiger partial charge in [-0.15, -0.1) is 0 Å². The number of aromatic nitrogens is 3. The Hall–Kier alpha value is -2.87. The third-order valence-corrected chi connectivity index (χ3v) is 7.19. The van der Waals surface area contributed by atoms with E-state index in [1.54, 1.807) is 13.4 Å². The zero-order valence-corrected chi connectivity index (χ0v) is 20.2. The maximum Gasteiger partial charge on any atom is 0.246 e. The fourth-order valence-electron chi connectivity index (χ4n) is 5.10. The maximum absolute atomic E-state index is 13.9. The van der Waals surface area contributed by atoms with Gasteiger partial charge in [-0.2, -0.15) is 0 Å². The number of nitrogens with one attached hydrogen (secondary N) is 2. The maximum atomic E-state index is 13.9. The molecule has 34 heavy (non-hydrogen) atoms. The van der Waals surface area contributed by atoms with E-state index in [2.05, 4.69) is 32.7 Å². The first-order chi connectivity index (χ1) is 16.6. The van der Waals surface area contributed by atoms with Crippen molar-refractivity contribution in [3.8, 4) is 0 Å². The molecule has 2 aliphatic rings.